The second-order valence-corrected chi connectivity index (χ2v) is 9.18. The van der Waals surface area contributed by atoms with E-state index in [4.69, 9.17) is 10.2 Å². The van der Waals surface area contributed by atoms with E-state index in [-0.39, 0.29) is 23.1 Å². The Morgan fingerprint density at radius 3 is 2.52 bits per heavy atom. The Bertz CT molecular complexity index is 930. The molecule has 1 fully saturated rings. The Morgan fingerprint density at radius 2 is 1.85 bits per heavy atom. The minimum absolute atomic E-state index is 0.110. The van der Waals surface area contributed by atoms with E-state index in [1.54, 1.807) is 12.1 Å². The van der Waals surface area contributed by atoms with E-state index >= 15 is 0 Å². The highest BCUT2D eigenvalue weighted by atomic mass is 32.2. The largest absolute Gasteiger partial charge is 0.394 e. The Labute approximate surface area is 163 Å². The maximum Gasteiger partial charge on any atom is 0.243 e. The average molecular weight is 411 g/mol. The summed E-state index contributed by atoms with van der Waals surface area (Å²) < 4.78 is 27.5. The van der Waals surface area contributed by atoms with Gasteiger partial charge < -0.3 is 15.5 Å². The molecule has 3 N–H and O–H groups in total. The summed E-state index contributed by atoms with van der Waals surface area (Å²) in [5.74, 6) is -0.552. The van der Waals surface area contributed by atoms with Gasteiger partial charge in [0, 0.05) is 11.8 Å². The fraction of sp³-hybridized carbons (Fsp3) is 0.389. The molecule has 146 valence electrons. The van der Waals surface area contributed by atoms with Crippen LogP contribution in [0.25, 0.3) is 10.8 Å². The zero-order valence-electron chi connectivity index (χ0n) is 14.5. The average Bonchev–Trinajstić information content (AvgIpc) is 3.08. The standard InChI is InChI=1S/C18H22N2O5S2/c21-10-14(11-22)19-18(23)17-8-15(26)9-20(17)27(24,25)16-6-5-12-3-1-2-4-13(12)7-16/h1-7,14-15,17,21-22,26H,8-11H2,(H,19,23)/t15-,17-/m0/s1. The van der Waals surface area contributed by atoms with Crippen LogP contribution < -0.4 is 5.32 Å². The van der Waals surface area contributed by atoms with Crippen LogP contribution in [0, 0.1) is 0 Å². The third-order valence-electron chi connectivity index (χ3n) is 4.65. The molecule has 0 aromatic heterocycles. The van der Waals surface area contributed by atoms with E-state index in [2.05, 4.69) is 17.9 Å². The number of nitrogens with zero attached hydrogens (tertiary/aromatic N) is 1. The first kappa shape index (κ1) is 20.1. The van der Waals surface area contributed by atoms with E-state index in [9.17, 15) is 13.2 Å². The number of hydrogen-bond donors (Lipinski definition) is 4. The SMILES string of the molecule is O=C(NC(CO)CO)[C@@H]1C[C@H](S)CN1S(=O)(=O)c1ccc2ccccc2c1. The lowest BCUT2D eigenvalue weighted by molar-refractivity contribution is -0.125. The van der Waals surface area contributed by atoms with E-state index in [1.807, 2.05) is 24.3 Å². The molecule has 1 heterocycles. The van der Waals surface area contributed by atoms with E-state index < -0.39 is 41.2 Å². The van der Waals surface area contributed by atoms with Crippen molar-refractivity contribution in [3.8, 4) is 0 Å². The molecule has 3 rings (SSSR count). The maximum absolute atomic E-state index is 13.2. The number of aliphatic hydroxyl groups excluding tert-OH is 2. The minimum atomic E-state index is -3.91. The molecule has 2 aromatic rings. The molecule has 2 atom stereocenters. The molecular formula is C18H22N2O5S2. The van der Waals surface area contributed by atoms with Crippen LogP contribution in [0.1, 0.15) is 6.42 Å². The van der Waals surface area contributed by atoms with Gasteiger partial charge >= 0.3 is 0 Å². The van der Waals surface area contributed by atoms with Gasteiger partial charge in [-0.2, -0.15) is 16.9 Å². The second-order valence-electron chi connectivity index (χ2n) is 6.56. The summed E-state index contributed by atoms with van der Waals surface area (Å²) in [4.78, 5) is 12.7. The van der Waals surface area contributed by atoms with Crippen molar-refractivity contribution in [2.75, 3.05) is 19.8 Å². The summed E-state index contributed by atoms with van der Waals surface area (Å²) in [6.07, 6.45) is 0.255. The van der Waals surface area contributed by atoms with Crippen LogP contribution in [0.5, 0.6) is 0 Å². The van der Waals surface area contributed by atoms with Crippen molar-refractivity contribution in [2.24, 2.45) is 0 Å². The summed E-state index contributed by atoms with van der Waals surface area (Å²) in [6.45, 7) is -0.757. The van der Waals surface area contributed by atoms with E-state index in [0.717, 1.165) is 15.1 Å². The van der Waals surface area contributed by atoms with Crippen molar-refractivity contribution in [2.45, 2.75) is 28.6 Å². The molecule has 1 saturated heterocycles. The van der Waals surface area contributed by atoms with Crippen molar-refractivity contribution in [1.82, 2.24) is 9.62 Å². The summed E-state index contributed by atoms with van der Waals surface area (Å²) in [5.41, 5.74) is 0. The number of amides is 1. The van der Waals surface area contributed by atoms with Gasteiger partial charge in [0.1, 0.15) is 6.04 Å². The Hall–Kier alpha value is -1.65. The van der Waals surface area contributed by atoms with Crippen molar-refractivity contribution in [1.29, 1.82) is 0 Å². The first-order valence-corrected chi connectivity index (χ1v) is 10.5. The summed E-state index contributed by atoms with van der Waals surface area (Å²) in [6, 6.07) is 10.5. The minimum Gasteiger partial charge on any atom is -0.394 e. The number of benzene rings is 2. The first-order chi connectivity index (χ1) is 12.9. The highest BCUT2D eigenvalue weighted by Crippen LogP contribution is 2.30. The molecular weight excluding hydrogens is 388 g/mol. The van der Waals surface area contributed by atoms with Gasteiger partial charge in [0.2, 0.25) is 15.9 Å². The zero-order chi connectivity index (χ0) is 19.6. The summed E-state index contributed by atoms with van der Waals surface area (Å²) in [5, 5.41) is 22.2. The van der Waals surface area contributed by atoms with Gasteiger partial charge in [0.15, 0.2) is 0 Å². The topological polar surface area (TPSA) is 107 Å². The fourth-order valence-corrected chi connectivity index (χ4v) is 5.36. The van der Waals surface area contributed by atoms with Gasteiger partial charge in [-0.3, -0.25) is 4.79 Å². The predicted molar refractivity (Wildman–Crippen MR) is 105 cm³/mol. The fourth-order valence-electron chi connectivity index (χ4n) is 3.20. The van der Waals surface area contributed by atoms with Gasteiger partial charge in [0.25, 0.3) is 0 Å². The summed E-state index contributed by atoms with van der Waals surface area (Å²) in [7, 11) is -3.91. The quantitative estimate of drug-likeness (QED) is 0.515. The molecule has 9 heteroatoms. The number of carbonyl (C=O) groups excluding carboxylic acids is 1. The van der Waals surface area contributed by atoms with Gasteiger partial charge in [-0.05, 0) is 29.3 Å². The molecule has 7 nitrogen and oxygen atoms in total. The maximum atomic E-state index is 13.2. The second kappa shape index (κ2) is 8.15. The molecule has 0 aliphatic carbocycles. The molecule has 0 spiro atoms. The van der Waals surface area contributed by atoms with Crippen LogP contribution in [0.4, 0.5) is 0 Å². The molecule has 0 unspecified atom stereocenters. The number of rotatable bonds is 6. The van der Waals surface area contributed by atoms with Gasteiger partial charge in [0.05, 0.1) is 24.2 Å². The Kier molecular flexibility index (Phi) is 6.07. The molecule has 27 heavy (non-hydrogen) atoms. The molecule has 1 aliphatic rings. The molecule has 2 aromatic carbocycles. The highest BCUT2D eigenvalue weighted by Gasteiger charge is 2.43. The number of carbonyl (C=O) groups is 1. The van der Waals surface area contributed by atoms with Crippen LogP contribution in [0.3, 0.4) is 0 Å². The molecule has 1 amide bonds. The zero-order valence-corrected chi connectivity index (χ0v) is 16.2. The number of hydrogen-bond acceptors (Lipinski definition) is 6. The number of sulfonamides is 1. The third-order valence-corrected chi connectivity index (χ3v) is 6.90. The van der Waals surface area contributed by atoms with Crippen LogP contribution in [0.2, 0.25) is 0 Å². The van der Waals surface area contributed by atoms with Crippen molar-refractivity contribution in [3.05, 3.63) is 42.5 Å². The van der Waals surface area contributed by atoms with Gasteiger partial charge in [-0.1, -0.05) is 30.3 Å². The summed E-state index contributed by atoms with van der Waals surface area (Å²) >= 11 is 4.36. The smallest absolute Gasteiger partial charge is 0.243 e. The van der Waals surface area contributed by atoms with E-state index in [1.165, 1.54) is 6.07 Å². The highest BCUT2D eigenvalue weighted by molar-refractivity contribution is 7.89. The number of aliphatic hydroxyl groups is 2. The first-order valence-electron chi connectivity index (χ1n) is 8.57. The lowest BCUT2D eigenvalue weighted by atomic mass is 10.1. The van der Waals surface area contributed by atoms with Gasteiger partial charge in [-0.25, -0.2) is 8.42 Å². The number of fused-ring (bicyclic) bond motifs is 1. The van der Waals surface area contributed by atoms with Crippen molar-refractivity contribution < 1.29 is 23.4 Å². The predicted octanol–water partition coefficient (Wildman–Crippen LogP) is 0.371. The van der Waals surface area contributed by atoms with Gasteiger partial charge in [-0.15, -0.1) is 0 Å². The lowest BCUT2D eigenvalue weighted by Crippen LogP contribution is -2.50. The number of nitrogens with one attached hydrogen (secondary N) is 1. The number of thiol groups is 1. The molecule has 0 saturated carbocycles. The van der Waals surface area contributed by atoms with Crippen molar-refractivity contribution >= 4 is 39.3 Å². The van der Waals surface area contributed by atoms with Crippen molar-refractivity contribution in [3.63, 3.8) is 0 Å². The van der Waals surface area contributed by atoms with Crippen LogP contribution in [-0.4, -0.2) is 65.9 Å². The van der Waals surface area contributed by atoms with E-state index in [0.29, 0.717) is 0 Å². The van der Waals surface area contributed by atoms with Crippen LogP contribution in [-0.2, 0) is 14.8 Å². The lowest BCUT2D eigenvalue weighted by Gasteiger charge is -2.25. The third kappa shape index (κ3) is 4.12. The monoisotopic (exact) mass is 410 g/mol. The normalized spacial score (nSPS) is 21.0. The molecule has 0 bridgehead atoms. The molecule has 1 aliphatic heterocycles. The molecule has 0 radical (unpaired) electrons. The Morgan fingerprint density at radius 1 is 1.19 bits per heavy atom. The van der Waals surface area contributed by atoms with Crippen LogP contribution in [0.15, 0.2) is 47.4 Å². The van der Waals surface area contributed by atoms with Crippen LogP contribution >= 0.6 is 12.6 Å². The Balaban J connectivity index is 1.91.